The van der Waals surface area contributed by atoms with Crippen LogP contribution in [0.3, 0.4) is 0 Å². The van der Waals surface area contributed by atoms with Crippen LogP contribution in [0.5, 0.6) is 5.75 Å². The van der Waals surface area contributed by atoms with Gasteiger partial charge in [-0.05, 0) is 44.5 Å². The minimum absolute atomic E-state index is 0.169. The van der Waals surface area contributed by atoms with Gasteiger partial charge in [-0.1, -0.05) is 6.92 Å². The summed E-state index contributed by atoms with van der Waals surface area (Å²) < 4.78 is 10.2. The molecule has 0 bridgehead atoms. The van der Waals surface area contributed by atoms with Crippen molar-refractivity contribution in [1.29, 1.82) is 0 Å². The van der Waals surface area contributed by atoms with Crippen molar-refractivity contribution in [3.8, 4) is 5.75 Å². The summed E-state index contributed by atoms with van der Waals surface area (Å²) in [6, 6.07) is 7.10. The number of carbonyl (C=O) groups is 2. The van der Waals surface area contributed by atoms with Crippen molar-refractivity contribution < 1.29 is 19.1 Å². The molecule has 0 saturated heterocycles. The van der Waals surface area contributed by atoms with Crippen molar-refractivity contribution in [2.24, 2.45) is 0 Å². The molecule has 0 saturated carbocycles. The van der Waals surface area contributed by atoms with Crippen LogP contribution in [-0.2, 0) is 14.3 Å². The number of esters is 1. The van der Waals surface area contributed by atoms with Gasteiger partial charge in [-0.15, -0.1) is 0 Å². The summed E-state index contributed by atoms with van der Waals surface area (Å²) in [5.74, 6) is 0.148. The summed E-state index contributed by atoms with van der Waals surface area (Å²) in [4.78, 5) is 25.6. The number of carbonyl (C=O) groups excluding carboxylic acids is 2. The van der Waals surface area contributed by atoms with E-state index in [1.807, 2.05) is 6.92 Å². The number of nitrogens with zero attached hydrogens (tertiary/aromatic N) is 1. The van der Waals surface area contributed by atoms with Crippen molar-refractivity contribution in [1.82, 2.24) is 0 Å². The van der Waals surface area contributed by atoms with E-state index in [0.29, 0.717) is 35.7 Å². The summed E-state index contributed by atoms with van der Waals surface area (Å²) in [6.07, 6.45) is 0.491. The topological polar surface area (TPSA) is 55.8 Å². The van der Waals surface area contributed by atoms with Gasteiger partial charge in [0, 0.05) is 18.3 Å². The van der Waals surface area contributed by atoms with E-state index in [2.05, 4.69) is 0 Å². The zero-order valence-corrected chi connectivity index (χ0v) is 13.8. The molecule has 1 aromatic carbocycles. The molecule has 0 atom stereocenters. The van der Waals surface area contributed by atoms with E-state index < -0.39 is 0 Å². The number of anilines is 1. The van der Waals surface area contributed by atoms with Crippen molar-refractivity contribution in [3.63, 3.8) is 0 Å². The predicted octanol–water partition coefficient (Wildman–Crippen LogP) is 3.30. The highest BCUT2D eigenvalue weighted by Crippen LogP contribution is 2.25. The second kappa shape index (κ2) is 8.22. The van der Waals surface area contributed by atoms with Gasteiger partial charge in [0.25, 0.3) is 0 Å². The highest BCUT2D eigenvalue weighted by Gasteiger charge is 2.21. The number of rotatable bonds is 6. The SMILES string of the molecule is CCOC(=O)/C(CC)=C(/C)N(C(C)=O)c1ccc(OC)cc1. The number of hydrogen-bond donors (Lipinski definition) is 0. The first kappa shape index (κ1) is 17.8. The monoisotopic (exact) mass is 305 g/mol. The van der Waals surface area contributed by atoms with Crippen LogP contribution >= 0.6 is 0 Å². The fraction of sp³-hybridized carbons (Fsp3) is 0.412. The predicted molar refractivity (Wildman–Crippen MR) is 85.8 cm³/mol. The van der Waals surface area contributed by atoms with E-state index in [1.54, 1.807) is 45.2 Å². The van der Waals surface area contributed by atoms with Crippen LogP contribution in [0.4, 0.5) is 5.69 Å². The maximum absolute atomic E-state index is 12.0. The number of methoxy groups -OCH3 is 1. The molecular weight excluding hydrogens is 282 g/mol. The lowest BCUT2D eigenvalue weighted by Gasteiger charge is -2.24. The highest BCUT2D eigenvalue weighted by atomic mass is 16.5. The lowest BCUT2D eigenvalue weighted by molar-refractivity contribution is -0.138. The molecule has 22 heavy (non-hydrogen) atoms. The summed E-state index contributed by atoms with van der Waals surface area (Å²) in [5.41, 5.74) is 1.76. The molecule has 1 aromatic rings. The Morgan fingerprint density at radius 1 is 1.09 bits per heavy atom. The van der Waals surface area contributed by atoms with Crippen molar-refractivity contribution in [3.05, 3.63) is 35.5 Å². The fourth-order valence-corrected chi connectivity index (χ4v) is 2.24. The largest absolute Gasteiger partial charge is 0.497 e. The molecule has 0 aliphatic carbocycles. The maximum atomic E-state index is 12.0. The second-order valence-corrected chi connectivity index (χ2v) is 4.69. The first-order valence-electron chi connectivity index (χ1n) is 7.27. The zero-order chi connectivity index (χ0) is 16.7. The number of ether oxygens (including phenoxy) is 2. The van der Waals surface area contributed by atoms with Crippen LogP contribution in [0.2, 0.25) is 0 Å². The molecule has 0 unspecified atom stereocenters. The van der Waals surface area contributed by atoms with Crippen LogP contribution in [0.25, 0.3) is 0 Å². The number of hydrogen-bond acceptors (Lipinski definition) is 4. The lowest BCUT2D eigenvalue weighted by atomic mass is 10.1. The molecule has 0 fully saturated rings. The highest BCUT2D eigenvalue weighted by molar-refractivity contribution is 5.98. The van der Waals surface area contributed by atoms with Gasteiger partial charge in [-0.25, -0.2) is 4.79 Å². The van der Waals surface area contributed by atoms with Crippen LogP contribution < -0.4 is 9.64 Å². The van der Waals surface area contributed by atoms with Gasteiger partial charge < -0.3 is 9.47 Å². The molecule has 1 amide bonds. The molecule has 0 radical (unpaired) electrons. The number of amides is 1. The Morgan fingerprint density at radius 3 is 2.09 bits per heavy atom. The van der Waals surface area contributed by atoms with E-state index in [0.717, 1.165) is 0 Å². The maximum Gasteiger partial charge on any atom is 0.335 e. The van der Waals surface area contributed by atoms with E-state index in [1.165, 1.54) is 11.8 Å². The van der Waals surface area contributed by atoms with Crippen molar-refractivity contribution >= 4 is 17.6 Å². The Kier molecular flexibility index (Phi) is 6.63. The summed E-state index contributed by atoms with van der Waals surface area (Å²) in [7, 11) is 1.58. The molecule has 120 valence electrons. The molecular formula is C17H23NO4. The van der Waals surface area contributed by atoms with Gasteiger partial charge in [-0.3, -0.25) is 9.69 Å². The van der Waals surface area contributed by atoms with Crippen LogP contribution in [-0.4, -0.2) is 25.6 Å². The third-order valence-electron chi connectivity index (χ3n) is 3.29. The molecule has 0 aliphatic rings. The van der Waals surface area contributed by atoms with Crippen LogP contribution in [0, 0.1) is 0 Å². The average molecular weight is 305 g/mol. The Labute approximate surface area is 131 Å². The summed E-state index contributed by atoms with van der Waals surface area (Å²) >= 11 is 0. The second-order valence-electron chi connectivity index (χ2n) is 4.69. The Balaban J connectivity index is 3.27. The molecule has 0 heterocycles. The van der Waals surface area contributed by atoms with E-state index in [-0.39, 0.29) is 11.9 Å². The fourth-order valence-electron chi connectivity index (χ4n) is 2.24. The molecule has 0 aliphatic heterocycles. The van der Waals surface area contributed by atoms with Crippen molar-refractivity contribution in [2.45, 2.75) is 34.1 Å². The third-order valence-corrected chi connectivity index (χ3v) is 3.29. The van der Waals surface area contributed by atoms with E-state index in [9.17, 15) is 9.59 Å². The first-order chi connectivity index (χ1) is 10.5. The molecule has 0 N–H and O–H groups in total. The van der Waals surface area contributed by atoms with Gasteiger partial charge in [0.05, 0.1) is 19.3 Å². The standard InChI is InChI=1S/C17H23NO4/c1-6-16(17(20)22-7-2)12(3)18(13(4)19)14-8-10-15(21-5)11-9-14/h8-11H,6-7H2,1-5H3/b16-12-. The van der Waals surface area contributed by atoms with Crippen LogP contribution in [0.1, 0.15) is 34.1 Å². The Hall–Kier alpha value is -2.30. The van der Waals surface area contributed by atoms with Gasteiger partial charge >= 0.3 is 5.97 Å². The smallest absolute Gasteiger partial charge is 0.335 e. The van der Waals surface area contributed by atoms with E-state index in [4.69, 9.17) is 9.47 Å². The van der Waals surface area contributed by atoms with E-state index >= 15 is 0 Å². The van der Waals surface area contributed by atoms with Gasteiger partial charge in [0.15, 0.2) is 0 Å². The third kappa shape index (κ3) is 4.10. The normalized spacial score (nSPS) is 11.5. The zero-order valence-electron chi connectivity index (χ0n) is 13.8. The molecule has 5 heteroatoms. The lowest BCUT2D eigenvalue weighted by Crippen LogP contribution is -2.29. The molecule has 1 rings (SSSR count). The quantitative estimate of drug-likeness (QED) is 0.598. The van der Waals surface area contributed by atoms with Crippen molar-refractivity contribution in [2.75, 3.05) is 18.6 Å². The van der Waals surface area contributed by atoms with Crippen LogP contribution in [0.15, 0.2) is 35.5 Å². The average Bonchev–Trinajstić information content (AvgIpc) is 2.48. The number of benzene rings is 1. The van der Waals surface area contributed by atoms with Gasteiger partial charge in [0.1, 0.15) is 5.75 Å². The summed E-state index contributed by atoms with van der Waals surface area (Å²) in [6.45, 7) is 7.14. The summed E-state index contributed by atoms with van der Waals surface area (Å²) in [5, 5.41) is 0. The Bertz CT molecular complexity index is 561. The van der Waals surface area contributed by atoms with Gasteiger partial charge in [-0.2, -0.15) is 0 Å². The number of allylic oxidation sites excluding steroid dienone is 1. The molecule has 0 aromatic heterocycles. The first-order valence-corrected chi connectivity index (χ1v) is 7.27. The molecule has 5 nitrogen and oxygen atoms in total. The molecule has 0 spiro atoms. The van der Waals surface area contributed by atoms with Gasteiger partial charge in [0.2, 0.25) is 5.91 Å². The Morgan fingerprint density at radius 2 is 1.68 bits per heavy atom. The minimum atomic E-state index is -0.387. The minimum Gasteiger partial charge on any atom is -0.497 e.